The molecule has 1 N–H and O–H groups in total. The number of nitrogens with zero attached hydrogens (tertiary/aromatic N) is 5. The number of aromatic nitrogens is 2. The standard InChI is InChI=1S/C22H30N6O4S/c1-16-14-19(24-18(3)29)4-5-20(16)33(30,31)28-8-6-27(7-9-28)22-23-17(2)15-21(25-22)26-10-12-32-13-11-26/h4-5,14-15H,6-13H2,1-3H3,(H,24,29). The van der Waals surface area contributed by atoms with Gasteiger partial charge in [-0.15, -0.1) is 0 Å². The molecule has 1 aromatic heterocycles. The monoisotopic (exact) mass is 474 g/mol. The van der Waals surface area contributed by atoms with Crippen LogP contribution >= 0.6 is 0 Å². The first-order valence-electron chi connectivity index (χ1n) is 11.1. The number of sulfonamides is 1. The summed E-state index contributed by atoms with van der Waals surface area (Å²) in [6.45, 7) is 9.76. The van der Waals surface area contributed by atoms with Crippen molar-refractivity contribution in [1.29, 1.82) is 0 Å². The summed E-state index contributed by atoms with van der Waals surface area (Å²) in [5.41, 5.74) is 2.06. The predicted molar refractivity (Wildman–Crippen MR) is 126 cm³/mol. The molecular formula is C22H30N6O4S. The van der Waals surface area contributed by atoms with Crippen LogP contribution in [0.3, 0.4) is 0 Å². The number of rotatable bonds is 5. The van der Waals surface area contributed by atoms with Gasteiger partial charge in [0, 0.05) is 63.6 Å². The number of carbonyl (C=O) groups excluding carboxylic acids is 1. The van der Waals surface area contributed by atoms with E-state index in [0.717, 1.165) is 24.6 Å². The van der Waals surface area contributed by atoms with E-state index in [1.807, 2.05) is 17.9 Å². The van der Waals surface area contributed by atoms with Gasteiger partial charge in [0.25, 0.3) is 0 Å². The molecule has 178 valence electrons. The Morgan fingerprint density at radius 3 is 2.30 bits per heavy atom. The lowest BCUT2D eigenvalue weighted by Gasteiger charge is -2.35. The first-order valence-corrected chi connectivity index (χ1v) is 12.5. The van der Waals surface area contributed by atoms with Gasteiger partial charge in [0.15, 0.2) is 0 Å². The predicted octanol–water partition coefficient (Wildman–Crippen LogP) is 1.40. The molecule has 0 radical (unpaired) electrons. The number of hydrogen-bond donors (Lipinski definition) is 1. The van der Waals surface area contributed by atoms with Gasteiger partial charge in [-0.2, -0.15) is 9.29 Å². The van der Waals surface area contributed by atoms with E-state index in [1.54, 1.807) is 25.1 Å². The summed E-state index contributed by atoms with van der Waals surface area (Å²) in [6, 6.07) is 6.83. The number of carbonyl (C=O) groups is 1. The van der Waals surface area contributed by atoms with E-state index in [0.29, 0.717) is 56.6 Å². The third kappa shape index (κ3) is 5.26. The minimum atomic E-state index is -3.65. The minimum absolute atomic E-state index is 0.198. The molecule has 0 spiro atoms. The summed E-state index contributed by atoms with van der Waals surface area (Å²) in [6.07, 6.45) is 0. The molecule has 11 heteroatoms. The lowest BCUT2D eigenvalue weighted by molar-refractivity contribution is -0.114. The van der Waals surface area contributed by atoms with Crippen molar-refractivity contribution >= 4 is 33.4 Å². The van der Waals surface area contributed by atoms with Crippen molar-refractivity contribution in [3.63, 3.8) is 0 Å². The third-order valence-electron chi connectivity index (χ3n) is 5.80. The normalized spacial score (nSPS) is 17.8. The fourth-order valence-corrected chi connectivity index (χ4v) is 5.75. The number of nitrogens with one attached hydrogen (secondary N) is 1. The summed E-state index contributed by atoms with van der Waals surface area (Å²) >= 11 is 0. The van der Waals surface area contributed by atoms with Crippen molar-refractivity contribution in [2.45, 2.75) is 25.7 Å². The quantitative estimate of drug-likeness (QED) is 0.693. The van der Waals surface area contributed by atoms with Crippen molar-refractivity contribution in [3.05, 3.63) is 35.5 Å². The van der Waals surface area contributed by atoms with E-state index in [-0.39, 0.29) is 10.8 Å². The van der Waals surface area contributed by atoms with Crippen LogP contribution < -0.4 is 15.1 Å². The van der Waals surface area contributed by atoms with E-state index in [2.05, 4.69) is 15.2 Å². The Labute approximate surface area is 194 Å². The van der Waals surface area contributed by atoms with Gasteiger partial charge in [0.1, 0.15) is 5.82 Å². The number of aryl methyl sites for hydroxylation is 2. The summed E-state index contributed by atoms with van der Waals surface area (Å²) < 4.78 is 33.5. The van der Waals surface area contributed by atoms with Gasteiger partial charge in [0.2, 0.25) is 21.9 Å². The van der Waals surface area contributed by atoms with E-state index in [1.165, 1.54) is 11.2 Å². The van der Waals surface area contributed by atoms with Crippen LogP contribution in [-0.4, -0.2) is 81.1 Å². The Kier molecular flexibility index (Phi) is 6.82. The fourth-order valence-electron chi connectivity index (χ4n) is 4.12. The van der Waals surface area contributed by atoms with Crippen molar-refractivity contribution in [3.8, 4) is 0 Å². The van der Waals surface area contributed by atoms with Crippen LogP contribution in [0, 0.1) is 13.8 Å². The third-order valence-corrected chi connectivity index (χ3v) is 7.86. The molecule has 10 nitrogen and oxygen atoms in total. The van der Waals surface area contributed by atoms with Crippen LogP contribution in [0.4, 0.5) is 17.5 Å². The van der Waals surface area contributed by atoms with E-state index < -0.39 is 10.0 Å². The average molecular weight is 475 g/mol. The first kappa shape index (κ1) is 23.4. The van der Waals surface area contributed by atoms with Crippen LogP contribution in [0.15, 0.2) is 29.2 Å². The topological polar surface area (TPSA) is 108 Å². The van der Waals surface area contributed by atoms with Crippen molar-refractivity contribution < 1.29 is 17.9 Å². The maximum Gasteiger partial charge on any atom is 0.243 e. The van der Waals surface area contributed by atoms with Crippen molar-refractivity contribution in [2.75, 3.05) is 67.6 Å². The smallest absolute Gasteiger partial charge is 0.243 e. The fraction of sp³-hybridized carbons (Fsp3) is 0.500. The Balaban J connectivity index is 1.46. The second-order valence-corrected chi connectivity index (χ2v) is 10.2. The minimum Gasteiger partial charge on any atom is -0.378 e. The van der Waals surface area contributed by atoms with Gasteiger partial charge in [-0.05, 0) is 37.6 Å². The Bertz CT molecular complexity index is 1130. The highest BCUT2D eigenvalue weighted by Gasteiger charge is 2.31. The van der Waals surface area contributed by atoms with Crippen LogP contribution in [0.5, 0.6) is 0 Å². The lowest BCUT2D eigenvalue weighted by Crippen LogP contribution is -2.49. The molecule has 0 saturated carbocycles. The number of hydrogen-bond acceptors (Lipinski definition) is 8. The zero-order valence-electron chi connectivity index (χ0n) is 19.2. The molecular weight excluding hydrogens is 444 g/mol. The Hall–Kier alpha value is -2.76. The van der Waals surface area contributed by atoms with Crippen LogP contribution in [-0.2, 0) is 19.6 Å². The second kappa shape index (κ2) is 9.62. The summed E-state index contributed by atoms with van der Waals surface area (Å²) in [5.74, 6) is 1.31. The maximum atomic E-state index is 13.3. The zero-order valence-corrected chi connectivity index (χ0v) is 20.1. The van der Waals surface area contributed by atoms with Crippen LogP contribution in [0.1, 0.15) is 18.2 Å². The number of anilines is 3. The number of morpholine rings is 1. The highest BCUT2D eigenvalue weighted by molar-refractivity contribution is 7.89. The van der Waals surface area contributed by atoms with Gasteiger partial charge in [0.05, 0.1) is 18.1 Å². The van der Waals surface area contributed by atoms with Crippen LogP contribution in [0.25, 0.3) is 0 Å². The molecule has 3 heterocycles. The second-order valence-electron chi connectivity index (χ2n) is 8.32. The molecule has 0 unspecified atom stereocenters. The molecule has 33 heavy (non-hydrogen) atoms. The lowest BCUT2D eigenvalue weighted by atomic mass is 10.2. The molecule has 0 atom stereocenters. The highest BCUT2D eigenvalue weighted by atomic mass is 32.2. The van der Waals surface area contributed by atoms with Gasteiger partial charge >= 0.3 is 0 Å². The number of ether oxygens (including phenoxy) is 1. The molecule has 0 bridgehead atoms. The molecule has 2 aliphatic heterocycles. The van der Waals surface area contributed by atoms with E-state index >= 15 is 0 Å². The van der Waals surface area contributed by atoms with Crippen molar-refractivity contribution in [1.82, 2.24) is 14.3 Å². The summed E-state index contributed by atoms with van der Waals surface area (Å²) in [7, 11) is -3.65. The SMILES string of the molecule is CC(=O)Nc1ccc(S(=O)(=O)N2CCN(c3nc(C)cc(N4CCOCC4)n3)CC2)c(C)c1. The van der Waals surface area contributed by atoms with E-state index in [4.69, 9.17) is 9.72 Å². The average Bonchev–Trinajstić information content (AvgIpc) is 2.79. The van der Waals surface area contributed by atoms with Crippen molar-refractivity contribution in [2.24, 2.45) is 0 Å². The number of piperazine rings is 1. The summed E-state index contributed by atoms with van der Waals surface area (Å²) in [4.78, 5) is 25.1. The molecule has 1 amide bonds. The Morgan fingerprint density at radius 1 is 0.970 bits per heavy atom. The first-order chi connectivity index (χ1) is 15.7. The maximum absolute atomic E-state index is 13.3. The number of amides is 1. The molecule has 2 aliphatic rings. The van der Waals surface area contributed by atoms with Gasteiger partial charge in [-0.3, -0.25) is 4.79 Å². The highest BCUT2D eigenvalue weighted by Crippen LogP contribution is 2.25. The van der Waals surface area contributed by atoms with E-state index in [9.17, 15) is 13.2 Å². The van der Waals surface area contributed by atoms with Gasteiger partial charge < -0.3 is 19.9 Å². The number of benzene rings is 1. The van der Waals surface area contributed by atoms with Crippen LogP contribution in [0.2, 0.25) is 0 Å². The van der Waals surface area contributed by atoms with Gasteiger partial charge in [-0.1, -0.05) is 0 Å². The zero-order chi connectivity index (χ0) is 23.6. The largest absolute Gasteiger partial charge is 0.378 e. The molecule has 2 aromatic rings. The Morgan fingerprint density at radius 2 is 1.67 bits per heavy atom. The molecule has 2 saturated heterocycles. The summed E-state index contributed by atoms with van der Waals surface area (Å²) in [5, 5.41) is 2.68. The molecule has 2 fully saturated rings. The molecule has 0 aliphatic carbocycles. The van der Waals surface area contributed by atoms with Gasteiger partial charge in [-0.25, -0.2) is 13.4 Å². The molecule has 4 rings (SSSR count). The molecule has 1 aromatic carbocycles.